The third-order valence-corrected chi connectivity index (χ3v) is 13.8. The zero-order chi connectivity index (χ0) is 49.3. The number of hydrogen-bond donors (Lipinski definition) is 6. The van der Waals surface area contributed by atoms with E-state index in [4.69, 9.17) is 0 Å². The van der Waals surface area contributed by atoms with E-state index in [1.165, 1.54) is 24.3 Å². The number of anilines is 6. The molecule has 0 saturated heterocycles. The molecule has 8 nitrogen and oxygen atoms in total. The fourth-order valence-corrected chi connectivity index (χ4v) is 10.5. The summed E-state index contributed by atoms with van der Waals surface area (Å²) in [6.07, 6.45) is -2.87. The molecule has 0 amide bonds. The number of para-hydroxylation sites is 4. The first-order valence-corrected chi connectivity index (χ1v) is 23.9. The second kappa shape index (κ2) is 19.4. The van der Waals surface area contributed by atoms with Crippen molar-refractivity contribution in [2.45, 2.75) is 24.0 Å². The van der Waals surface area contributed by atoms with E-state index in [2.05, 4.69) is 0 Å². The SMILES string of the molecule is Oc1cc(N(c2ccccc2-c2ccccc2)c2ccccc2-c2ccccc2)cc(O)c1C1C(O)C(c2c(O)cc(N(c3ccccc3-c3ccccc3)c3ccccc3-c3ccccc3)cc2O)C1O. The molecule has 72 heavy (non-hydrogen) atoms. The quantitative estimate of drug-likeness (QED) is 0.0715. The number of phenolic OH excluding ortho intramolecular Hbond substituents is 4. The fourth-order valence-electron chi connectivity index (χ4n) is 10.5. The van der Waals surface area contributed by atoms with Crippen LogP contribution in [0, 0.1) is 0 Å². The highest BCUT2D eigenvalue weighted by molar-refractivity contribution is 5.96. The second-order valence-electron chi connectivity index (χ2n) is 18.0. The lowest BCUT2D eigenvalue weighted by molar-refractivity contribution is -0.0810. The molecule has 0 bridgehead atoms. The summed E-state index contributed by atoms with van der Waals surface area (Å²) < 4.78 is 0. The van der Waals surface area contributed by atoms with Crippen LogP contribution in [0.4, 0.5) is 34.1 Å². The van der Waals surface area contributed by atoms with E-state index in [1.807, 2.05) is 228 Å². The maximum Gasteiger partial charge on any atom is 0.125 e. The maximum absolute atomic E-state index is 12.0. The van der Waals surface area contributed by atoms with Crippen LogP contribution in [-0.4, -0.2) is 42.8 Å². The molecule has 352 valence electrons. The summed E-state index contributed by atoms with van der Waals surface area (Å²) in [7, 11) is 0. The fraction of sp³-hybridized carbons (Fsp3) is 0.0625. The average molecular weight is 943 g/mol. The smallest absolute Gasteiger partial charge is 0.125 e. The number of hydrogen-bond acceptors (Lipinski definition) is 8. The lowest BCUT2D eigenvalue weighted by atomic mass is 9.62. The summed E-state index contributed by atoms with van der Waals surface area (Å²) in [5, 5.41) is 72.2. The van der Waals surface area contributed by atoms with Gasteiger partial charge in [0.2, 0.25) is 0 Å². The third kappa shape index (κ3) is 8.24. The van der Waals surface area contributed by atoms with Crippen LogP contribution in [0.15, 0.2) is 243 Å². The van der Waals surface area contributed by atoms with Crippen LogP contribution in [0.5, 0.6) is 23.0 Å². The first-order chi connectivity index (χ1) is 35.3. The monoisotopic (exact) mass is 942 g/mol. The number of nitrogens with zero attached hydrogens (tertiary/aromatic N) is 2. The van der Waals surface area contributed by atoms with Crippen LogP contribution in [0.2, 0.25) is 0 Å². The molecule has 0 atom stereocenters. The minimum atomic E-state index is -1.44. The Kier molecular flexibility index (Phi) is 12.2. The van der Waals surface area contributed by atoms with Gasteiger partial charge in [0.05, 0.1) is 46.3 Å². The van der Waals surface area contributed by atoms with Crippen molar-refractivity contribution in [1.29, 1.82) is 0 Å². The minimum Gasteiger partial charge on any atom is -0.507 e. The summed E-state index contributed by atoms with van der Waals surface area (Å²) in [5.74, 6) is -3.76. The van der Waals surface area contributed by atoms with Crippen molar-refractivity contribution in [1.82, 2.24) is 0 Å². The van der Waals surface area contributed by atoms with E-state index in [9.17, 15) is 30.6 Å². The van der Waals surface area contributed by atoms with Crippen molar-refractivity contribution in [3.8, 4) is 67.5 Å². The molecule has 0 radical (unpaired) electrons. The molecule has 6 N–H and O–H groups in total. The number of rotatable bonds is 12. The van der Waals surface area contributed by atoms with Gasteiger partial charge < -0.3 is 40.4 Å². The van der Waals surface area contributed by atoms with Gasteiger partial charge in [-0.3, -0.25) is 0 Å². The van der Waals surface area contributed by atoms with E-state index >= 15 is 0 Å². The van der Waals surface area contributed by atoms with E-state index < -0.39 is 24.0 Å². The van der Waals surface area contributed by atoms with E-state index in [0.29, 0.717) is 11.4 Å². The maximum atomic E-state index is 12.0. The molecule has 10 aromatic carbocycles. The molecule has 1 aliphatic rings. The molecule has 1 saturated carbocycles. The van der Waals surface area contributed by atoms with Crippen LogP contribution < -0.4 is 9.80 Å². The van der Waals surface area contributed by atoms with Gasteiger partial charge in [-0.1, -0.05) is 194 Å². The number of aliphatic hydroxyl groups is 2. The van der Waals surface area contributed by atoms with Crippen LogP contribution in [0.25, 0.3) is 44.5 Å². The van der Waals surface area contributed by atoms with Gasteiger partial charge in [0, 0.05) is 69.5 Å². The normalized spacial score (nSPS) is 16.1. The van der Waals surface area contributed by atoms with Gasteiger partial charge in [0.25, 0.3) is 0 Å². The number of benzene rings is 10. The van der Waals surface area contributed by atoms with Crippen LogP contribution >= 0.6 is 0 Å². The number of aliphatic hydroxyl groups excluding tert-OH is 2. The van der Waals surface area contributed by atoms with E-state index in [-0.39, 0.29) is 34.1 Å². The van der Waals surface area contributed by atoms with E-state index in [0.717, 1.165) is 67.3 Å². The van der Waals surface area contributed by atoms with Gasteiger partial charge in [-0.05, 0) is 46.5 Å². The standard InChI is InChI=1S/C64H50N2O6/c67-55-37-45(65(51-33-17-13-29-47(51)41-21-5-1-6-22-41)52-34-18-14-30-48(52)42-23-7-2-8-24-42)38-56(68)59(55)61-63(71)62(64(61)72)60-57(69)39-46(40-58(60)70)66(53-35-19-15-31-49(53)43-25-9-3-10-26-43)54-36-20-16-32-50(54)44-27-11-4-12-28-44/h1-40,61-64,67-72H. The Bertz CT molecular complexity index is 3080. The summed E-state index contributed by atoms with van der Waals surface area (Å²) in [6, 6.07) is 77.7. The number of aromatic hydroxyl groups is 4. The van der Waals surface area contributed by atoms with Crippen molar-refractivity contribution in [3.63, 3.8) is 0 Å². The van der Waals surface area contributed by atoms with Gasteiger partial charge in [-0.25, -0.2) is 0 Å². The zero-order valence-corrected chi connectivity index (χ0v) is 39.0. The van der Waals surface area contributed by atoms with Gasteiger partial charge in [0.15, 0.2) is 0 Å². The second-order valence-corrected chi connectivity index (χ2v) is 18.0. The molecular weight excluding hydrogens is 893 g/mol. The first-order valence-electron chi connectivity index (χ1n) is 23.9. The van der Waals surface area contributed by atoms with Crippen molar-refractivity contribution >= 4 is 34.1 Å². The molecule has 0 aliphatic heterocycles. The molecule has 11 rings (SSSR count). The lowest BCUT2D eigenvalue weighted by Gasteiger charge is -2.47. The predicted molar refractivity (Wildman–Crippen MR) is 288 cm³/mol. The Balaban J connectivity index is 0.977. The van der Waals surface area contributed by atoms with Crippen LogP contribution in [0.3, 0.4) is 0 Å². The van der Waals surface area contributed by atoms with Crippen molar-refractivity contribution in [2.75, 3.05) is 9.80 Å². The Morgan fingerprint density at radius 2 is 0.472 bits per heavy atom. The highest BCUT2D eigenvalue weighted by Crippen LogP contribution is 2.58. The molecule has 1 aliphatic carbocycles. The van der Waals surface area contributed by atoms with Crippen molar-refractivity contribution in [2.24, 2.45) is 0 Å². The highest BCUT2D eigenvalue weighted by atomic mass is 16.3. The highest BCUT2D eigenvalue weighted by Gasteiger charge is 2.54. The molecular formula is C64H50N2O6. The minimum absolute atomic E-state index is 0.0561. The topological polar surface area (TPSA) is 128 Å². The Labute approximate surface area is 418 Å². The third-order valence-electron chi connectivity index (χ3n) is 13.8. The average Bonchev–Trinajstić information content (AvgIpc) is 3.42. The molecule has 10 aromatic rings. The summed E-state index contributed by atoms with van der Waals surface area (Å²) in [4.78, 5) is 3.98. The predicted octanol–water partition coefficient (Wildman–Crippen LogP) is 14.7. The Morgan fingerprint density at radius 1 is 0.264 bits per heavy atom. The number of phenols is 4. The van der Waals surface area contributed by atoms with Gasteiger partial charge >= 0.3 is 0 Å². The van der Waals surface area contributed by atoms with Gasteiger partial charge in [-0.2, -0.15) is 0 Å². The molecule has 1 fully saturated rings. The molecule has 0 aromatic heterocycles. The van der Waals surface area contributed by atoms with Crippen LogP contribution in [-0.2, 0) is 0 Å². The van der Waals surface area contributed by atoms with E-state index in [1.54, 1.807) is 0 Å². The van der Waals surface area contributed by atoms with Gasteiger partial charge in [-0.15, -0.1) is 0 Å². The lowest BCUT2D eigenvalue weighted by Crippen LogP contribution is -2.51. The van der Waals surface area contributed by atoms with Crippen LogP contribution in [0.1, 0.15) is 23.0 Å². The molecule has 8 heteroatoms. The summed E-state index contributed by atoms with van der Waals surface area (Å²) >= 11 is 0. The van der Waals surface area contributed by atoms with Crippen molar-refractivity contribution < 1.29 is 30.6 Å². The zero-order valence-electron chi connectivity index (χ0n) is 39.0. The molecule has 0 unspecified atom stereocenters. The van der Waals surface area contributed by atoms with Gasteiger partial charge in [0.1, 0.15) is 23.0 Å². The summed E-state index contributed by atoms with van der Waals surface area (Å²) in [5.41, 5.74) is 11.4. The summed E-state index contributed by atoms with van der Waals surface area (Å²) in [6.45, 7) is 0. The largest absolute Gasteiger partial charge is 0.507 e. The molecule has 0 spiro atoms. The Hall–Kier alpha value is -9.08. The molecule has 0 heterocycles. The Morgan fingerprint density at radius 3 is 0.708 bits per heavy atom. The first kappa shape index (κ1) is 45.4. The van der Waals surface area contributed by atoms with Crippen molar-refractivity contribution in [3.05, 3.63) is 254 Å².